The van der Waals surface area contributed by atoms with Crippen molar-refractivity contribution in [1.29, 1.82) is 0 Å². The molecule has 0 aromatic rings. The van der Waals surface area contributed by atoms with Crippen molar-refractivity contribution in [3.05, 3.63) is 11.6 Å². The number of hydrogen-bond donors (Lipinski definition) is 1. The van der Waals surface area contributed by atoms with Gasteiger partial charge >= 0.3 is 5.97 Å². The lowest BCUT2D eigenvalue weighted by molar-refractivity contribution is -0.185. The lowest BCUT2D eigenvalue weighted by atomic mass is 9.39. The molecule has 3 aliphatic carbocycles. The highest BCUT2D eigenvalue weighted by Crippen LogP contribution is 2.68. The zero-order valence-electron chi connectivity index (χ0n) is 16.0. The summed E-state index contributed by atoms with van der Waals surface area (Å²) in [6.45, 7) is 9.36. The van der Waals surface area contributed by atoms with E-state index in [0.29, 0.717) is 11.8 Å². The molecule has 3 heteroatoms. The van der Waals surface area contributed by atoms with Crippen molar-refractivity contribution in [3.8, 4) is 0 Å². The maximum absolute atomic E-state index is 12.6. The molecule has 1 N–H and O–H groups in total. The van der Waals surface area contributed by atoms with Crippen LogP contribution in [0.25, 0.3) is 0 Å². The minimum absolute atomic E-state index is 0.0248. The molecule has 2 unspecified atom stereocenters. The van der Waals surface area contributed by atoms with Crippen molar-refractivity contribution in [2.24, 2.45) is 34.0 Å². The van der Waals surface area contributed by atoms with Crippen LogP contribution in [-0.2, 0) is 9.53 Å². The van der Waals surface area contributed by atoms with Gasteiger partial charge in [0.05, 0.1) is 19.1 Å². The van der Waals surface area contributed by atoms with Crippen LogP contribution >= 0.6 is 0 Å². The van der Waals surface area contributed by atoms with Crippen molar-refractivity contribution in [3.63, 3.8) is 0 Å². The van der Waals surface area contributed by atoms with Gasteiger partial charge in [0.1, 0.15) is 0 Å². The predicted molar refractivity (Wildman–Crippen MR) is 95.4 cm³/mol. The van der Waals surface area contributed by atoms with Crippen LogP contribution in [-0.4, -0.2) is 24.8 Å². The normalized spacial score (nSPS) is 48.1. The molecule has 0 spiro atoms. The Hall–Kier alpha value is -0.830. The number of allylic oxidation sites excluding steroid dienone is 1. The van der Waals surface area contributed by atoms with Crippen molar-refractivity contribution in [2.75, 3.05) is 13.7 Å². The lowest BCUT2D eigenvalue weighted by Gasteiger charge is -2.64. The number of carbonyl (C=O) groups is 1. The smallest absolute Gasteiger partial charge is 0.311 e. The first kappa shape index (κ1) is 18.0. The summed E-state index contributed by atoms with van der Waals surface area (Å²) in [5.74, 6) is 1.16. The van der Waals surface area contributed by atoms with Gasteiger partial charge in [-0.15, -0.1) is 0 Å². The number of fused-ring (bicyclic) bond motifs is 3. The number of ether oxygens (including phenoxy) is 1. The van der Waals surface area contributed by atoms with Crippen LogP contribution in [0.3, 0.4) is 0 Å². The van der Waals surface area contributed by atoms with E-state index in [4.69, 9.17) is 4.74 Å². The first-order valence-electron chi connectivity index (χ1n) is 9.60. The Morgan fingerprint density at radius 2 is 1.92 bits per heavy atom. The second-order valence-electron chi connectivity index (χ2n) is 9.34. The number of aliphatic hydroxyl groups is 1. The van der Waals surface area contributed by atoms with Crippen molar-refractivity contribution >= 4 is 5.97 Å². The second-order valence-corrected chi connectivity index (χ2v) is 9.34. The summed E-state index contributed by atoms with van der Waals surface area (Å²) >= 11 is 0. The third-order valence-corrected chi connectivity index (χ3v) is 8.40. The molecule has 0 heterocycles. The first-order chi connectivity index (χ1) is 11.2. The van der Waals surface area contributed by atoms with Crippen molar-refractivity contribution in [1.82, 2.24) is 0 Å². The summed E-state index contributed by atoms with van der Waals surface area (Å²) in [5, 5.41) is 10.1. The fraction of sp³-hybridized carbons (Fsp3) is 0.857. The van der Waals surface area contributed by atoms with Gasteiger partial charge in [0.15, 0.2) is 0 Å². The maximum Gasteiger partial charge on any atom is 0.311 e. The highest BCUT2D eigenvalue weighted by atomic mass is 16.5. The highest BCUT2D eigenvalue weighted by Gasteiger charge is 2.63. The molecule has 2 saturated carbocycles. The fourth-order valence-electron chi connectivity index (χ4n) is 7.11. The molecule has 3 nitrogen and oxygen atoms in total. The van der Waals surface area contributed by atoms with E-state index in [1.165, 1.54) is 19.1 Å². The van der Waals surface area contributed by atoms with Gasteiger partial charge in [-0.25, -0.2) is 0 Å². The Balaban J connectivity index is 2.03. The van der Waals surface area contributed by atoms with Crippen LogP contribution in [0.1, 0.15) is 66.2 Å². The molecule has 0 radical (unpaired) electrons. The molecular weight excluding hydrogens is 300 g/mol. The number of carbonyl (C=O) groups excluding carboxylic acids is 1. The van der Waals surface area contributed by atoms with E-state index in [9.17, 15) is 9.90 Å². The molecule has 0 amide bonds. The maximum atomic E-state index is 12.6. The molecule has 0 saturated heterocycles. The van der Waals surface area contributed by atoms with Gasteiger partial charge in [-0.1, -0.05) is 31.9 Å². The first-order valence-corrected chi connectivity index (χ1v) is 9.60. The minimum Gasteiger partial charge on any atom is -0.469 e. The van der Waals surface area contributed by atoms with E-state index in [2.05, 4.69) is 33.8 Å². The third kappa shape index (κ3) is 2.23. The Bertz CT molecular complexity index is 553. The summed E-state index contributed by atoms with van der Waals surface area (Å²) in [7, 11) is 1.53. The van der Waals surface area contributed by atoms with E-state index in [1.54, 1.807) is 0 Å². The van der Waals surface area contributed by atoms with Crippen molar-refractivity contribution < 1.29 is 14.6 Å². The predicted octanol–water partition coefficient (Wildman–Crippen LogP) is 4.35. The van der Waals surface area contributed by atoms with Gasteiger partial charge in [-0.05, 0) is 68.6 Å². The van der Waals surface area contributed by atoms with E-state index < -0.39 is 0 Å². The molecule has 0 aliphatic heterocycles. The molecule has 0 aromatic heterocycles. The monoisotopic (exact) mass is 334 g/mol. The molecular formula is C21H34O3. The molecule has 3 aliphatic rings. The number of hydrogen-bond acceptors (Lipinski definition) is 3. The number of rotatable bonds is 2. The quantitative estimate of drug-likeness (QED) is 0.603. The largest absolute Gasteiger partial charge is 0.469 e. The zero-order chi connectivity index (χ0) is 17.8. The van der Waals surface area contributed by atoms with Crippen LogP contribution in [0.4, 0.5) is 0 Å². The second kappa shape index (κ2) is 5.86. The number of aliphatic hydroxyl groups excluding tert-OH is 1. The molecule has 3 rings (SSSR count). The van der Waals surface area contributed by atoms with Crippen LogP contribution in [0.5, 0.6) is 0 Å². The summed E-state index contributed by atoms with van der Waals surface area (Å²) in [6, 6.07) is 0. The van der Waals surface area contributed by atoms with Gasteiger partial charge in [-0.2, -0.15) is 0 Å². The van der Waals surface area contributed by atoms with Crippen LogP contribution in [0.2, 0.25) is 0 Å². The summed E-state index contributed by atoms with van der Waals surface area (Å²) in [4.78, 5) is 12.6. The third-order valence-electron chi connectivity index (χ3n) is 8.40. The highest BCUT2D eigenvalue weighted by molar-refractivity contribution is 5.77. The summed E-state index contributed by atoms with van der Waals surface area (Å²) in [5.41, 5.74) is 1.30. The fourth-order valence-corrected chi connectivity index (χ4v) is 7.11. The molecule has 2 fully saturated rings. The molecule has 0 aromatic carbocycles. The Kier molecular flexibility index (Phi) is 4.39. The van der Waals surface area contributed by atoms with Gasteiger partial charge < -0.3 is 9.84 Å². The summed E-state index contributed by atoms with van der Waals surface area (Å²) in [6.07, 6.45) is 8.84. The van der Waals surface area contributed by atoms with Gasteiger partial charge in [0.2, 0.25) is 0 Å². The van der Waals surface area contributed by atoms with E-state index in [-0.39, 0.29) is 34.7 Å². The zero-order valence-corrected chi connectivity index (χ0v) is 16.0. The lowest BCUT2D eigenvalue weighted by Crippen LogP contribution is -2.60. The average Bonchev–Trinajstić information content (AvgIpc) is 2.53. The molecule has 6 atom stereocenters. The average molecular weight is 335 g/mol. The van der Waals surface area contributed by atoms with E-state index in [1.807, 2.05) is 0 Å². The van der Waals surface area contributed by atoms with Crippen LogP contribution < -0.4 is 0 Å². The van der Waals surface area contributed by atoms with E-state index in [0.717, 1.165) is 32.1 Å². The summed E-state index contributed by atoms with van der Waals surface area (Å²) < 4.78 is 5.22. The SMILES string of the molecule is COC(=O)[C@@]1(C)CCC[C@@]2(C)C1CC[C@]1(C)C2CC=C(C)[C@H]1CO. The molecule has 136 valence electrons. The topological polar surface area (TPSA) is 46.5 Å². The molecule has 0 bridgehead atoms. The van der Waals surface area contributed by atoms with Crippen molar-refractivity contribution in [2.45, 2.75) is 66.2 Å². The minimum atomic E-state index is -0.353. The Morgan fingerprint density at radius 3 is 2.54 bits per heavy atom. The Labute approximate surface area is 146 Å². The molecule has 24 heavy (non-hydrogen) atoms. The van der Waals surface area contributed by atoms with Crippen LogP contribution in [0.15, 0.2) is 11.6 Å². The standard InChI is InChI=1S/C21H34O3/c1-14-7-8-16-19(2,15(14)13-22)12-9-17-20(16,3)10-6-11-21(17,4)18(23)24-5/h7,15-17,22H,6,8-13H2,1-5H3/t15-,16?,17?,19+,20-,21+/m1/s1. The van der Waals surface area contributed by atoms with Gasteiger partial charge in [0, 0.05) is 5.92 Å². The van der Waals surface area contributed by atoms with Crippen LogP contribution in [0, 0.1) is 34.0 Å². The number of esters is 1. The Morgan fingerprint density at radius 1 is 1.21 bits per heavy atom. The van der Waals surface area contributed by atoms with Gasteiger partial charge in [0.25, 0.3) is 0 Å². The van der Waals surface area contributed by atoms with E-state index >= 15 is 0 Å². The number of methoxy groups -OCH3 is 1. The van der Waals surface area contributed by atoms with Gasteiger partial charge in [-0.3, -0.25) is 4.79 Å².